The predicted octanol–water partition coefficient (Wildman–Crippen LogP) is 12.9. The number of benzene rings is 2. The minimum atomic E-state index is -0.720. The first kappa shape index (κ1) is 97.6. The summed E-state index contributed by atoms with van der Waals surface area (Å²) in [6, 6.07) is 19.2. The van der Waals surface area contributed by atoms with Gasteiger partial charge in [-0.15, -0.1) is 0 Å². The van der Waals surface area contributed by atoms with Crippen LogP contribution in [0.5, 0.6) is 0 Å². The van der Waals surface area contributed by atoms with Crippen LogP contribution < -0.4 is 37.6 Å². The van der Waals surface area contributed by atoms with Gasteiger partial charge in [-0.05, 0) is 81.3 Å². The maximum atomic E-state index is 13.1. The maximum absolute atomic E-state index is 13.1. The molecule has 102 heavy (non-hydrogen) atoms. The Bertz CT molecular complexity index is 2800. The quantitative estimate of drug-likeness (QED) is 0.0303. The molecule has 580 valence electrons. The van der Waals surface area contributed by atoms with E-state index in [1.165, 1.54) is 13.8 Å². The average molecular weight is 1430 g/mol. The summed E-state index contributed by atoms with van der Waals surface area (Å²) in [6.07, 6.45) is 9.43. The van der Waals surface area contributed by atoms with E-state index in [-0.39, 0.29) is 179 Å². The summed E-state index contributed by atoms with van der Waals surface area (Å²) < 4.78 is 0. The molecule has 0 aromatic heterocycles. The third kappa shape index (κ3) is 45.6. The average Bonchev–Trinajstić information content (AvgIpc) is 0.888. The summed E-state index contributed by atoms with van der Waals surface area (Å²) in [5, 5.41) is 18.3. The number of hydrogen-bond donors (Lipinski definition) is 7. The molecule has 0 aliphatic carbocycles. The molecule has 0 bridgehead atoms. The molecule has 2 aromatic rings. The first-order valence-corrected chi connectivity index (χ1v) is 38.3. The Balaban J connectivity index is 0. The molecule has 0 saturated heterocycles. The first-order chi connectivity index (χ1) is 47.6. The van der Waals surface area contributed by atoms with Crippen molar-refractivity contribution in [3.05, 3.63) is 71.8 Å². The molecule has 0 aliphatic heterocycles. The summed E-state index contributed by atoms with van der Waals surface area (Å²) in [6.45, 7) is 44.8. The molecule has 4 amide bonds. The molecule has 2 aromatic carbocycles. The second kappa shape index (κ2) is 54.2. The van der Waals surface area contributed by atoms with E-state index in [9.17, 15) is 57.5 Å². The summed E-state index contributed by atoms with van der Waals surface area (Å²) in [4.78, 5) is 146. The van der Waals surface area contributed by atoms with Crippen LogP contribution in [0.1, 0.15) is 260 Å². The zero-order chi connectivity index (χ0) is 78.5. The molecule has 0 aliphatic rings. The molecule has 0 spiro atoms. The van der Waals surface area contributed by atoms with Gasteiger partial charge in [0, 0.05) is 130 Å². The van der Waals surface area contributed by atoms with Crippen LogP contribution in [-0.4, -0.2) is 125 Å². The Labute approximate surface area is 616 Å². The number of Topliss-reactive ketones (excluding diaryl/α,β-unsaturated/α-hetero) is 8. The highest BCUT2D eigenvalue weighted by molar-refractivity contribution is 5.96. The van der Waals surface area contributed by atoms with Crippen molar-refractivity contribution < 1.29 is 57.5 Å². The van der Waals surface area contributed by atoms with Gasteiger partial charge in [0.15, 0.2) is 23.1 Å². The van der Waals surface area contributed by atoms with Gasteiger partial charge in [0.25, 0.3) is 0 Å². The van der Waals surface area contributed by atoms with E-state index in [1.807, 2.05) is 152 Å². The Hall–Kier alpha value is -6.44. The van der Waals surface area contributed by atoms with Crippen LogP contribution in [-0.2, 0) is 70.4 Å². The second-order valence-electron chi connectivity index (χ2n) is 31.0. The van der Waals surface area contributed by atoms with Crippen molar-refractivity contribution in [2.45, 2.75) is 304 Å². The van der Waals surface area contributed by atoms with Crippen LogP contribution in [0.25, 0.3) is 0 Å². The molecular weight excluding hydrogens is 1290 g/mol. The van der Waals surface area contributed by atoms with E-state index in [4.69, 9.17) is 5.73 Å². The third-order valence-electron chi connectivity index (χ3n) is 17.5. The summed E-state index contributed by atoms with van der Waals surface area (Å²) >= 11 is 0. The van der Waals surface area contributed by atoms with Gasteiger partial charge in [0.05, 0.1) is 24.2 Å². The minimum Gasteiger partial charge on any atom is -0.370 e. The zero-order valence-electron chi connectivity index (χ0n) is 67.4. The molecular formula is C83H141N7O12. The molecule has 8 N–H and O–H groups in total. The molecule has 19 heteroatoms. The van der Waals surface area contributed by atoms with Crippen LogP contribution in [0.4, 0.5) is 0 Å². The second-order valence-corrected chi connectivity index (χ2v) is 31.0. The number of rotatable bonds is 49. The number of hydrogen-bond acceptors (Lipinski definition) is 15. The standard InChI is InChI=1S/C23H36N2O3.C23H37NO2.C19H36N2O3.C18H32N2O4/c1-16(2)23(28)20(12-9-13-24-18(5)26)15-22(27)21(25-17(3)4)14-19-10-7-6-8-11-19;1-6-7-9-14-20(23(26)17(2)3)16-22(25)21(24-18(4)5)15-19-12-10-8-11-13-19;1-12(2)18(21-14(5)6)17(23)11-16(19(24)13(3)4)9-8-10-20-15(7)22;1-10(2)7-12(5)18(24)20-13(6)15(21)8-14(9-16(19)22)17(23)11(3)4/h6-8,10-11,16-17,20-21,25H,9,12-15H2,1-5H3,(H,24,26);8,10-13,17-18,20-21,24H,6-7,9,14-16H2,1-5H3;12-14,16,18,21H,8-11H2,1-7H3,(H,20,22);10-14H,7-9H2,1-6H3,(H2,19,22)(H,20,24)/t2*20-,21+;16-,18+;12-,13+,14+/m1111/s1. The van der Waals surface area contributed by atoms with Crippen LogP contribution in [0.15, 0.2) is 60.7 Å². The van der Waals surface area contributed by atoms with Gasteiger partial charge < -0.3 is 37.6 Å². The van der Waals surface area contributed by atoms with E-state index < -0.39 is 17.9 Å². The molecule has 0 radical (unpaired) electrons. The predicted molar refractivity (Wildman–Crippen MR) is 413 cm³/mol. The van der Waals surface area contributed by atoms with Gasteiger partial charge in [-0.3, -0.25) is 57.5 Å². The van der Waals surface area contributed by atoms with E-state index in [2.05, 4.69) is 64.8 Å². The van der Waals surface area contributed by atoms with Crippen LogP contribution in [0.2, 0.25) is 0 Å². The van der Waals surface area contributed by atoms with Gasteiger partial charge in [0.1, 0.15) is 23.1 Å². The largest absolute Gasteiger partial charge is 0.370 e. The molecule has 0 saturated carbocycles. The molecule has 9 atom stereocenters. The summed E-state index contributed by atoms with van der Waals surface area (Å²) in [5.41, 5.74) is 7.43. The van der Waals surface area contributed by atoms with E-state index in [0.29, 0.717) is 64.0 Å². The fraction of sp³-hybridized carbons (Fsp3) is 0.711. The molecule has 2 rings (SSSR count). The lowest BCUT2D eigenvalue weighted by Gasteiger charge is -2.26. The fourth-order valence-electron chi connectivity index (χ4n) is 12.2. The van der Waals surface area contributed by atoms with Gasteiger partial charge >= 0.3 is 0 Å². The number of nitrogens with two attached hydrogens (primary N) is 1. The SMILES string of the molecule is CC(=O)NCCC[C@H](CC(=O)[C@@H](NC(C)C)C(C)C)C(=O)C(C)C.CC(=O)NCCC[C@H](CC(=O)[C@H](Cc1ccccc1)NC(C)C)C(=O)C(C)C.CC(C)C[C@@H](C)C(=O)N[C@@H](C)C(=O)C[C@@H](CC(N)=O)C(=O)C(C)C.CCCCC[C@H](CC(=O)[C@H](Cc1ccccc1)NC(C)C)C(=O)C(C)C. The van der Waals surface area contributed by atoms with Gasteiger partial charge in [0.2, 0.25) is 23.6 Å². The highest BCUT2D eigenvalue weighted by Gasteiger charge is 2.33. The third-order valence-corrected chi connectivity index (χ3v) is 17.5. The molecule has 0 fully saturated rings. The zero-order valence-corrected chi connectivity index (χ0v) is 67.4. The number of carbonyl (C=O) groups excluding carboxylic acids is 12. The fourth-order valence-corrected chi connectivity index (χ4v) is 12.2. The van der Waals surface area contributed by atoms with Crippen molar-refractivity contribution in [1.82, 2.24) is 31.9 Å². The summed E-state index contributed by atoms with van der Waals surface area (Å²) in [5.74, 6) is -2.01. The van der Waals surface area contributed by atoms with Gasteiger partial charge in [-0.2, -0.15) is 0 Å². The van der Waals surface area contributed by atoms with Crippen LogP contribution >= 0.6 is 0 Å². The van der Waals surface area contributed by atoms with Crippen LogP contribution in [0.3, 0.4) is 0 Å². The first-order valence-electron chi connectivity index (χ1n) is 38.3. The monoisotopic (exact) mass is 1430 g/mol. The molecule has 19 nitrogen and oxygen atoms in total. The maximum Gasteiger partial charge on any atom is 0.223 e. The van der Waals surface area contributed by atoms with Crippen molar-refractivity contribution in [1.29, 1.82) is 0 Å². The van der Waals surface area contributed by atoms with Crippen molar-refractivity contribution in [3.63, 3.8) is 0 Å². The molecule has 0 heterocycles. The normalized spacial score (nSPS) is 14.0. The highest BCUT2D eigenvalue weighted by atomic mass is 16.2. The number of carbonyl (C=O) groups is 12. The number of amides is 4. The smallest absolute Gasteiger partial charge is 0.223 e. The van der Waals surface area contributed by atoms with E-state index in [1.54, 1.807) is 20.8 Å². The number of ketones is 8. The van der Waals surface area contributed by atoms with Gasteiger partial charge in [-0.25, -0.2) is 0 Å². The van der Waals surface area contributed by atoms with Gasteiger partial charge in [-0.1, -0.05) is 218 Å². The number of primary amides is 1. The Morgan fingerprint density at radius 3 is 1.06 bits per heavy atom. The summed E-state index contributed by atoms with van der Waals surface area (Å²) in [7, 11) is 0. The Morgan fingerprint density at radius 1 is 0.402 bits per heavy atom. The van der Waals surface area contributed by atoms with Crippen LogP contribution in [0, 0.1) is 65.1 Å². The Kier molecular flexibility index (Phi) is 51.9. The Morgan fingerprint density at radius 2 is 0.745 bits per heavy atom. The lowest BCUT2D eigenvalue weighted by Crippen LogP contribution is -2.45. The van der Waals surface area contributed by atoms with Crippen molar-refractivity contribution >= 4 is 69.9 Å². The lowest BCUT2D eigenvalue weighted by atomic mass is 9.84. The number of nitrogens with one attached hydrogen (secondary N) is 6. The number of unbranched alkanes of at least 4 members (excludes halogenated alkanes) is 2. The topological polar surface area (TPSA) is 303 Å². The minimum absolute atomic E-state index is 0.0138. The molecule has 0 unspecified atom stereocenters. The van der Waals surface area contributed by atoms with E-state index >= 15 is 0 Å². The van der Waals surface area contributed by atoms with Crippen molar-refractivity contribution in [2.24, 2.45) is 70.8 Å². The lowest BCUT2D eigenvalue weighted by molar-refractivity contribution is -0.134. The van der Waals surface area contributed by atoms with E-state index in [0.717, 1.165) is 43.2 Å². The van der Waals surface area contributed by atoms with Crippen molar-refractivity contribution in [2.75, 3.05) is 13.1 Å². The van der Waals surface area contributed by atoms with Crippen molar-refractivity contribution in [3.8, 4) is 0 Å². The highest BCUT2D eigenvalue weighted by Crippen LogP contribution is 2.25.